The van der Waals surface area contributed by atoms with Crippen molar-refractivity contribution in [2.24, 2.45) is 0 Å². The molecule has 0 radical (unpaired) electrons. The van der Waals surface area contributed by atoms with Crippen LogP contribution < -0.4 is 5.32 Å². The molecule has 0 spiro atoms. The molecule has 0 saturated heterocycles. The van der Waals surface area contributed by atoms with Gasteiger partial charge < -0.3 is 5.32 Å². The molecule has 1 amide bonds. The van der Waals surface area contributed by atoms with Crippen LogP contribution in [0, 0.1) is 0 Å². The van der Waals surface area contributed by atoms with E-state index in [0.717, 1.165) is 21.3 Å². The molecule has 0 fully saturated rings. The monoisotopic (exact) mass is 368 g/mol. The molecule has 0 aliphatic heterocycles. The van der Waals surface area contributed by atoms with Crippen molar-refractivity contribution in [1.29, 1.82) is 0 Å². The second-order valence-corrected chi connectivity index (χ2v) is 5.78. The Morgan fingerprint density at radius 3 is 2.78 bits per heavy atom. The summed E-state index contributed by atoms with van der Waals surface area (Å²) in [6.07, 6.45) is 8.38. The van der Waals surface area contributed by atoms with Gasteiger partial charge in [-0.1, -0.05) is 0 Å². The van der Waals surface area contributed by atoms with Gasteiger partial charge in [0.25, 0.3) is 5.91 Å². The lowest BCUT2D eigenvalue weighted by molar-refractivity contribution is 0.0950. The Balaban J connectivity index is 1.70. The summed E-state index contributed by atoms with van der Waals surface area (Å²) in [6.45, 7) is 0.418. The topological polar surface area (TPSA) is 67.8 Å². The van der Waals surface area contributed by atoms with Gasteiger partial charge in [0.1, 0.15) is 0 Å². The zero-order valence-electron chi connectivity index (χ0n) is 12.1. The third-order valence-corrected chi connectivity index (χ3v) is 3.64. The molecule has 1 N–H and O–H groups in total. The normalized spacial score (nSPS) is 10.3. The highest BCUT2D eigenvalue weighted by Gasteiger charge is 2.07. The van der Waals surface area contributed by atoms with Crippen molar-refractivity contribution in [3.8, 4) is 11.3 Å². The van der Waals surface area contributed by atoms with E-state index in [1.807, 2.05) is 24.3 Å². The van der Waals surface area contributed by atoms with Gasteiger partial charge >= 0.3 is 0 Å². The van der Waals surface area contributed by atoms with E-state index < -0.39 is 0 Å². The van der Waals surface area contributed by atoms with E-state index in [4.69, 9.17) is 0 Å². The summed E-state index contributed by atoms with van der Waals surface area (Å²) < 4.78 is 0.771. The number of hydrogen-bond acceptors (Lipinski definition) is 4. The highest BCUT2D eigenvalue weighted by molar-refractivity contribution is 9.10. The molecule has 3 rings (SSSR count). The van der Waals surface area contributed by atoms with Gasteiger partial charge in [-0.15, -0.1) is 0 Å². The lowest BCUT2D eigenvalue weighted by Gasteiger charge is -2.07. The molecule has 0 saturated carbocycles. The van der Waals surface area contributed by atoms with Crippen LogP contribution in [0.2, 0.25) is 0 Å². The molecular weight excluding hydrogens is 356 g/mol. The zero-order chi connectivity index (χ0) is 16.1. The molecule has 0 atom stereocenters. The van der Waals surface area contributed by atoms with E-state index >= 15 is 0 Å². The third kappa shape index (κ3) is 3.98. The number of carbonyl (C=O) groups excluding carboxylic acids is 1. The van der Waals surface area contributed by atoms with E-state index in [0.29, 0.717) is 12.1 Å². The summed E-state index contributed by atoms with van der Waals surface area (Å²) in [5, 5.41) is 2.88. The molecule has 0 bridgehead atoms. The van der Waals surface area contributed by atoms with Gasteiger partial charge in [-0.05, 0) is 51.8 Å². The lowest BCUT2D eigenvalue weighted by atomic mass is 10.1. The average Bonchev–Trinajstić information content (AvgIpc) is 2.61. The van der Waals surface area contributed by atoms with E-state index in [-0.39, 0.29) is 5.91 Å². The first kappa shape index (κ1) is 15.3. The first-order valence-electron chi connectivity index (χ1n) is 6.96. The minimum absolute atomic E-state index is 0.168. The Hall–Kier alpha value is -2.60. The smallest absolute Gasteiger partial charge is 0.253 e. The van der Waals surface area contributed by atoms with Crippen LogP contribution in [0.3, 0.4) is 0 Å². The summed E-state index contributed by atoms with van der Waals surface area (Å²) in [5.41, 5.74) is 3.25. The molecule has 6 heteroatoms. The lowest BCUT2D eigenvalue weighted by Crippen LogP contribution is -2.23. The van der Waals surface area contributed by atoms with Gasteiger partial charge in [0.05, 0.1) is 11.3 Å². The minimum atomic E-state index is -0.168. The maximum Gasteiger partial charge on any atom is 0.253 e. The highest BCUT2D eigenvalue weighted by Crippen LogP contribution is 2.16. The summed E-state index contributed by atoms with van der Waals surface area (Å²) >= 11 is 3.31. The Kier molecular flexibility index (Phi) is 4.73. The number of halogens is 1. The van der Waals surface area contributed by atoms with Crippen LogP contribution in [0.25, 0.3) is 11.3 Å². The first-order valence-corrected chi connectivity index (χ1v) is 7.76. The largest absolute Gasteiger partial charge is 0.348 e. The number of hydrogen-bond donors (Lipinski definition) is 1. The Bertz CT molecular complexity index is 824. The van der Waals surface area contributed by atoms with Crippen molar-refractivity contribution < 1.29 is 4.79 Å². The molecule has 114 valence electrons. The van der Waals surface area contributed by atoms with Crippen LogP contribution in [-0.2, 0) is 6.54 Å². The average molecular weight is 369 g/mol. The van der Waals surface area contributed by atoms with Gasteiger partial charge in [-0.3, -0.25) is 19.7 Å². The summed E-state index contributed by atoms with van der Waals surface area (Å²) in [6, 6.07) is 9.36. The summed E-state index contributed by atoms with van der Waals surface area (Å²) in [4.78, 5) is 24.5. The van der Waals surface area contributed by atoms with Crippen molar-refractivity contribution in [2.45, 2.75) is 6.54 Å². The molecule has 5 nitrogen and oxygen atoms in total. The molecule has 3 heterocycles. The van der Waals surface area contributed by atoms with Crippen molar-refractivity contribution in [3.63, 3.8) is 0 Å². The number of nitrogens with one attached hydrogen (secondary N) is 1. The molecule has 0 aliphatic carbocycles. The van der Waals surface area contributed by atoms with Gasteiger partial charge in [-0.25, -0.2) is 0 Å². The fourth-order valence-corrected chi connectivity index (χ4v) is 2.44. The quantitative estimate of drug-likeness (QED) is 0.767. The van der Waals surface area contributed by atoms with Crippen molar-refractivity contribution in [3.05, 3.63) is 76.9 Å². The van der Waals surface area contributed by atoms with Gasteiger partial charge in [0.15, 0.2) is 0 Å². The number of aromatic nitrogens is 3. The van der Waals surface area contributed by atoms with E-state index in [2.05, 4.69) is 36.2 Å². The minimum Gasteiger partial charge on any atom is -0.348 e. The van der Waals surface area contributed by atoms with Crippen LogP contribution in [0.4, 0.5) is 0 Å². The van der Waals surface area contributed by atoms with Gasteiger partial charge in [-0.2, -0.15) is 0 Å². The zero-order valence-corrected chi connectivity index (χ0v) is 13.7. The molecule has 0 aromatic carbocycles. The van der Waals surface area contributed by atoms with E-state index in [9.17, 15) is 4.79 Å². The van der Waals surface area contributed by atoms with E-state index in [1.54, 1.807) is 30.9 Å². The number of rotatable bonds is 4. The highest BCUT2D eigenvalue weighted by atomic mass is 79.9. The van der Waals surface area contributed by atoms with Crippen LogP contribution in [0.5, 0.6) is 0 Å². The fraction of sp³-hybridized carbons (Fsp3) is 0.0588. The van der Waals surface area contributed by atoms with Crippen LogP contribution in [0.15, 0.2) is 65.8 Å². The Labute approximate surface area is 142 Å². The summed E-state index contributed by atoms with van der Waals surface area (Å²) in [7, 11) is 0. The standard InChI is InChI=1S/C17H13BrN4O/c18-15-7-14(10-20-11-15)17(23)22-8-12-3-5-21-16(6-12)13-2-1-4-19-9-13/h1-7,9-11H,8H2,(H,22,23). The SMILES string of the molecule is O=C(NCc1ccnc(-c2cccnc2)c1)c1cncc(Br)c1. The molecule has 0 aliphatic rings. The number of nitrogens with zero attached hydrogens (tertiary/aromatic N) is 3. The Morgan fingerprint density at radius 2 is 2.00 bits per heavy atom. The van der Waals surface area contributed by atoms with E-state index in [1.165, 1.54) is 6.20 Å². The number of amides is 1. The first-order chi connectivity index (χ1) is 11.2. The predicted octanol–water partition coefficient (Wildman–Crippen LogP) is 3.23. The van der Waals surface area contributed by atoms with Crippen molar-refractivity contribution in [1.82, 2.24) is 20.3 Å². The third-order valence-electron chi connectivity index (χ3n) is 3.20. The second kappa shape index (κ2) is 7.11. The molecule has 3 aromatic rings. The number of carbonyl (C=O) groups is 1. The van der Waals surface area contributed by atoms with Gasteiger partial charge in [0.2, 0.25) is 0 Å². The molecule has 3 aromatic heterocycles. The van der Waals surface area contributed by atoms with Crippen LogP contribution in [0.1, 0.15) is 15.9 Å². The maximum absolute atomic E-state index is 12.1. The van der Waals surface area contributed by atoms with Crippen molar-refractivity contribution >= 4 is 21.8 Å². The fourth-order valence-electron chi connectivity index (χ4n) is 2.08. The molecular formula is C17H13BrN4O. The molecule has 0 unspecified atom stereocenters. The predicted molar refractivity (Wildman–Crippen MR) is 90.6 cm³/mol. The second-order valence-electron chi connectivity index (χ2n) is 4.87. The molecule has 23 heavy (non-hydrogen) atoms. The van der Waals surface area contributed by atoms with Crippen LogP contribution in [-0.4, -0.2) is 20.9 Å². The van der Waals surface area contributed by atoms with Crippen molar-refractivity contribution in [2.75, 3.05) is 0 Å². The maximum atomic E-state index is 12.1. The number of pyridine rings is 3. The van der Waals surface area contributed by atoms with Crippen LogP contribution >= 0.6 is 15.9 Å². The van der Waals surface area contributed by atoms with Gasteiger partial charge in [0, 0.05) is 47.6 Å². The Morgan fingerprint density at radius 1 is 1.09 bits per heavy atom. The summed E-state index contributed by atoms with van der Waals surface area (Å²) in [5.74, 6) is -0.168.